The Labute approximate surface area is 141 Å². The number of hydrogen-bond donors (Lipinski definition) is 1. The average Bonchev–Trinajstić information content (AvgIpc) is 3.12. The van der Waals surface area contributed by atoms with Crippen molar-refractivity contribution >= 4 is 40.3 Å². The zero-order valence-electron chi connectivity index (χ0n) is 12.8. The van der Waals surface area contributed by atoms with Gasteiger partial charge >= 0.3 is 5.97 Å². The molecule has 1 N–H and O–H groups in total. The number of esters is 1. The predicted octanol–water partition coefficient (Wildman–Crippen LogP) is 3.57. The molecule has 3 aromatic rings. The van der Waals surface area contributed by atoms with Gasteiger partial charge in [0.15, 0.2) is 11.9 Å². The Morgan fingerprint density at radius 1 is 1.29 bits per heavy atom. The van der Waals surface area contributed by atoms with Crippen molar-refractivity contribution in [3.05, 3.63) is 46.9 Å². The number of rotatable bonds is 4. The van der Waals surface area contributed by atoms with Crippen molar-refractivity contribution in [3.8, 4) is 0 Å². The van der Waals surface area contributed by atoms with Crippen molar-refractivity contribution in [1.29, 1.82) is 0 Å². The number of carbonyl (C=O) groups is 2. The van der Waals surface area contributed by atoms with Gasteiger partial charge in [-0.05, 0) is 38.1 Å². The standard InChI is InChI=1S/C16H13ClN2O5/c1-8-5-14(19-24-8)18-15(20)9(2)22-16(21)13-7-10-6-11(17)3-4-12(10)23-13/h3-7,9H,1-2H3,(H,18,19,20)/t9-/m1/s1. The van der Waals surface area contributed by atoms with Gasteiger partial charge in [0.1, 0.15) is 11.3 Å². The number of ether oxygens (including phenoxy) is 1. The average molecular weight is 349 g/mol. The molecule has 1 atom stereocenters. The zero-order valence-corrected chi connectivity index (χ0v) is 13.6. The summed E-state index contributed by atoms with van der Waals surface area (Å²) in [5, 5.41) is 7.32. The second kappa shape index (κ2) is 6.37. The first kappa shape index (κ1) is 16.1. The normalized spacial score (nSPS) is 12.1. The molecule has 124 valence electrons. The van der Waals surface area contributed by atoms with Crippen LogP contribution >= 0.6 is 11.6 Å². The van der Waals surface area contributed by atoms with Crippen LogP contribution in [-0.4, -0.2) is 23.1 Å². The third kappa shape index (κ3) is 3.41. The smallest absolute Gasteiger partial charge is 0.375 e. The molecule has 0 saturated heterocycles. The topological polar surface area (TPSA) is 94.6 Å². The van der Waals surface area contributed by atoms with E-state index >= 15 is 0 Å². The lowest BCUT2D eigenvalue weighted by molar-refractivity contribution is -0.123. The number of amides is 1. The van der Waals surface area contributed by atoms with Crippen molar-refractivity contribution in [2.75, 3.05) is 5.32 Å². The van der Waals surface area contributed by atoms with Crippen molar-refractivity contribution in [3.63, 3.8) is 0 Å². The van der Waals surface area contributed by atoms with E-state index in [1.807, 2.05) is 0 Å². The number of carbonyl (C=O) groups excluding carboxylic acids is 2. The Morgan fingerprint density at radius 3 is 2.79 bits per heavy atom. The number of nitrogens with zero attached hydrogens (tertiary/aromatic N) is 1. The molecular weight excluding hydrogens is 336 g/mol. The molecule has 0 aliphatic heterocycles. The lowest BCUT2D eigenvalue weighted by atomic mass is 10.2. The van der Waals surface area contributed by atoms with Crippen LogP contribution in [0.5, 0.6) is 0 Å². The lowest BCUT2D eigenvalue weighted by Crippen LogP contribution is -2.30. The number of aryl methyl sites for hydroxylation is 1. The number of furan rings is 1. The summed E-state index contributed by atoms with van der Waals surface area (Å²) in [6, 6.07) is 8.03. The molecule has 1 aromatic carbocycles. The Kier molecular flexibility index (Phi) is 4.26. The van der Waals surface area contributed by atoms with E-state index in [2.05, 4.69) is 10.5 Å². The second-order valence-corrected chi connectivity index (χ2v) is 5.59. The number of fused-ring (bicyclic) bond motifs is 1. The highest BCUT2D eigenvalue weighted by Crippen LogP contribution is 2.23. The third-order valence-electron chi connectivity index (χ3n) is 3.21. The van der Waals surface area contributed by atoms with E-state index in [4.69, 9.17) is 25.3 Å². The first-order chi connectivity index (χ1) is 11.4. The Bertz CT molecular complexity index is 914. The van der Waals surface area contributed by atoms with E-state index in [0.717, 1.165) is 0 Å². The van der Waals surface area contributed by atoms with E-state index in [1.165, 1.54) is 13.0 Å². The minimum atomic E-state index is -1.04. The number of halogens is 1. The summed E-state index contributed by atoms with van der Waals surface area (Å²) in [6.45, 7) is 3.14. The summed E-state index contributed by atoms with van der Waals surface area (Å²) in [7, 11) is 0. The van der Waals surface area contributed by atoms with E-state index in [1.54, 1.807) is 31.2 Å². The van der Waals surface area contributed by atoms with E-state index < -0.39 is 18.0 Å². The van der Waals surface area contributed by atoms with Gasteiger partial charge in [-0.1, -0.05) is 16.8 Å². The zero-order chi connectivity index (χ0) is 17.3. The molecule has 0 fully saturated rings. The van der Waals surface area contributed by atoms with Crippen LogP contribution in [0, 0.1) is 6.92 Å². The maximum absolute atomic E-state index is 12.1. The summed E-state index contributed by atoms with van der Waals surface area (Å²) < 4.78 is 15.3. The molecule has 8 heteroatoms. The molecule has 0 radical (unpaired) electrons. The van der Waals surface area contributed by atoms with Crippen molar-refractivity contribution < 1.29 is 23.3 Å². The highest BCUT2D eigenvalue weighted by Gasteiger charge is 2.22. The summed E-state index contributed by atoms with van der Waals surface area (Å²) in [4.78, 5) is 24.1. The fraction of sp³-hybridized carbons (Fsp3) is 0.188. The van der Waals surface area contributed by atoms with Crippen LogP contribution in [0.25, 0.3) is 11.0 Å². The fourth-order valence-electron chi connectivity index (χ4n) is 2.04. The van der Waals surface area contributed by atoms with Crippen LogP contribution < -0.4 is 5.32 Å². The summed E-state index contributed by atoms with van der Waals surface area (Å²) in [6.07, 6.45) is -1.04. The minimum Gasteiger partial charge on any atom is -0.449 e. The molecule has 0 bridgehead atoms. The van der Waals surface area contributed by atoms with Gasteiger partial charge in [-0.3, -0.25) is 4.79 Å². The van der Waals surface area contributed by atoms with Crippen LogP contribution in [-0.2, 0) is 9.53 Å². The van der Waals surface area contributed by atoms with E-state index in [9.17, 15) is 9.59 Å². The van der Waals surface area contributed by atoms with Crippen molar-refractivity contribution in [2.24, 2.45) is 0 Å². The molecule has 2 heterocycles. The molecule has 0 unspecified atom stereocenters. The first-order valence-electron chi connectivity index (χ1n) is 7.06. The number of nitrogens with one attached hydrogen (secondary N) is 1. The number of hydrogen-bond acceptors (Lipinski definition) is 6. The highest BCUT2D eigenvalue weighted by atomic mass is 35.5. The number of anilines is 1. The lowest BCUT2D eigenvalue weighted by Gasteiger charge is -2.10. The number of benzene rings is 1. The van der Waals surface area contributed by atoms with Crippen molar-refractivity contribution in [2.45, 2.75) is 20.0 Å². The molecule has 0 saturated carbocycles. The van der Waals surface area contributed by atoms with Gasteiger partial charge in [0.05, 0.1) is 0 Å². The molecule has 2 aromatic heterocycles. The molecule has 0 spiro atoms. The SMILES string of the molecule is Cc1cc(NC(=O)[C@@H](C)OC(=O)c2cc3cc(Cl)ccc3o2)no1. The molecular formula is C16H13ClN2O5. The largest absolute Gasteiger partial charge is 0.449 e. The van der Waals surface area contributed by atoms with Gasteiger partial charge in [-0.2, -0.15) is 0 Å². The van der Waals surface area contributed by atoms with Crippen LogP contribution in [0.1, 0.15) is 23.2 Å². The van der Waals surface area contributed by atoms with Gasteiger partial charge < -0.3 is 19.0 Å². The van der Waals surface area contributed by atoms with Crippen LogP contribution in [0.15, 0.2) is 39.3 Å². The summed E-state index contributed by atoms with van der Waals surface area (Å²) >= 11 is 5.89. The molecule has 7 nitrogen and oxygen atoms in total. The van der Waals surface area contributed by atoms with Crippen LogP contribution in [0.3, 0.4) is 0 Å². The molecule has 24 heavy (non-hydrogen) atoms. The maximum Gasteiger partial charge on any atom is 0.375 e. The first-order valence-corrected chi connectivity index (χ1v) is 7.44. The summed E-state index contributed by atoms with van der Waals surface area (Å²) in [5.41, 5.74) is 0.501. The Balaban J connectivity index is 1.67. The second-order valence-electron chi connectivity index (χ2n) is 5.15. The van der Waals surface area contributed by atoms with E-state index in [-0.39, 0.29) is 11.6 Å². The monoisotopic (exact) mass is 348 g/mol. The minimum absolute atomic E-state index is 0.0100. The predicted molar refractivity (Wildman–Crippen MR) is 86.0 cm³/mol. The van der Waals surface area contributed by atoms with Gasteiger partial charge in [-0.15, -0.1) is 0 Å². The fourth-order valence-corrected chi connectivity index (χ4v) is 2.22. The van der Waals surface area contributed by atoms with Gasteiger partial charge in [0, 0.05) is 16.5 Å². The quantitative estimate of drug-likeness (QED) is 0.724. The van der Waals surface area contributed by atoms with Crippen LogP contribution in [0.2, 0.25) is 5.02 Å². The van der Waals surface area contributed by atoms with Crippen LogP contribution in [0.4, 0.5) is 5.82 Å². The number of aromatic nitrogens is 1. The van der Waals surface area contributed by atoms with Crippen molar-refractivity contribution in [1.82, 2.24) is 5.16 Å². The molecule has 0 aliphatic carbocycles. The maximum atomic E-state index is 12.1. The highest BCUT2D eigenvalue weighted by molar-refractivity contribution is 6.31. The molecule has 3 rings (SSSR count). The third-order valence-corrected chi connectivity index (χ3v) is 3.45. The van der Waals surface area contributed by atoms with Gasteiger partial charge in [0.25, 0.3) is 5.91 Å². The Morgan fingerprint density at radius 2 is 2.08 bits per heavy atom. The molecule has 1 amide bonds. The van der Waals surface area contributed by atoms with E-state index in [0.29, 0.717) is 21.8 Å². The summed E-state index contributed by atoms with van der Waals surface area (Å²) in [5.74, 6) is -0.490. The molecule has 0 aliphatic rings. The van der Waals surface area contributed by atoms with Gasteiger partial charge in [-0.25, -0.2) is 4.79 Å². The Hall–Kier alpha value is -2.80. The van der Waals surface area contributed by atoms with Gasteiger partial charge in [0.2, 0.25) is 5.76 Å².